The van der Waals surface area contributed by atoms with E-state index < -0.39 is 11.9 Å². The van der Waals surface area contributed by atoms with Gasteiger partial charge in [0.1, 0.15) is 6.61 Å². The second-order valence-corrected chi connectivity index (χ2v) is 6.79. The smallest absolute Gasteiger partial charge is 0.313 e. The van der Waals surface area contributed by atoms with Gasteiger partial charge in [-0.05, 0) is 18.1 Å². The summed E-state index contributed by atoms with van der Waals surface area (Å²) in [5.74, 6) is -1.53. The lowest BCUT2D eigenvalue weighted by atomic mass is 9.79. The lowest BCUT2D eigenvalue weighted by molar-refractivity contribution is -0.146. The molecular weight excluding hydrogens is 352 g/mol. The average Bonchev–Trinajstić information content (AvgIpc) is 2.75. The molecule has 0 bridgehead atoms. The number of esters is 1. The van der Waals surface area contributed by atoms with Crippen LogP contribution in [0.4, 0.5) is 0 Å². The number of carbonyl (C=O) groups excluding carboxylic acids is 3. The lowest BCUT2D eigenvalue weighted by Crippen LogP contribution is -2.25. The zero-order valence-corrected chi connectivity index (χ0v) is 15.3. The van der Waals surface area contributed by atoms with Crippen LogP contribution in [0.3, 0.4) is 0 Å². The summed E-state index contributed by atoms with van der Waals surface area (Å²) < 4.78 is 5.43. The van der Waals surface area contributed by atoms with Gasteiger partial charge in [-0.2, -0.15) is 0 Å². The van der Waals surface area contributed by atoms with Crippen molar-refractivity contribution < 1.29 is 19.1 Å². The van der Waals surface area contributed by atoms with Gasteiger partial charge >= 0.3 is 5.97 Å². The first-order chi connectivity index (χ1) is 13.6. The van der Waals surface area contributed by atoms with Gasteiger partial charge in [-0.15, -0.1) is 0 Å². The molecule has 4 rings (SSSR count). The van der Waals surface area contributed by atoms with Crippen molar-refractivity contribution in [1.29, 1.82) is 0 Å². The van der Waals surface area contributed by atoms with Crippen molar-refractivity contribution in [3.8, 4) is 0 Å². The predicted octanol–water partition coefficient (Wildman–Crippen LogP) is 4.31. The van der Waals surface area contributed by atoms with Crippen LogP contribution in [0.25, 0.3) is 0 Å². The molecule has 0 aliphatic heterocycles. The van der Waals surface area contributed by atoms with Gasteiger partial charge < -0.3 is 4.74 Å². The minimum Gasteiger partial charge on any atom is -0.460 e. The minimum absolute atomic E-state index is 0.161. The molecule has 0 heterocycles. The standard InChI is InChI=1S/C24H18O4/c1-15(24(27)28-14-16-8-3-2-4-9-16)17-12-7-13-20-21(17)23(26)19-11-6-5-10-18(19)22(20)25/h2-13,15H,14H2,1H3. The Bertz CT molecular complexity index is 1080. The zero-order valence-electron chi connectivity index (χ0n) is 15.3. The highest BCUT2D eigenvalue weighted by atomic mass is 16.5. The molecule has 0 amide bonds. The van der Waals surface area contributed by atoms with E-state index in [9.17, 15) is 14.4 Å². The monoisotopic (exact) mass is 370 g/mol. The van der Waals surface area contributed by atoms with Crippen LogP contribution < -0.4 is 0 Å². The molecule has 1 atom stereocenters. The Morgan fingerprint density at radius 2 is 1.39 bits per heavy atom. The Kier molecular flexibility index (Phi) is 4.62. The Labute approximate surface area is 162 Å². The fourth-order valence-corrected chi connectivity index (χ4v) is 3.51. The van der Waals surface area contributed by atoms with Crippen LogP contribution in [0.5, 0.6) is 0 Å². The van der Waals surface area contributed by atoms with Gasteiger partial charge in [0, 0.05) is 22.3 Å². The first-order valence-electron chi connectivity index (χ1n) is 9.10. The second-order valence-electron chi connectivity index (χ2n) is 6.79. The number of hydrogen-bond donors (Lipinski definition) is 0. The minimum atomic E-state index is -0.666. The van der Waals surface area contributed by atoms with Crippen molar-refractivity contribution in [2.45, 2.75) is 19.4 Å². The van der Waals surface area contributed by atoms with Crippen LogP contribution in [0.1, 0.15) is 55.8 Å². The van der Waals surface area contributed by atoms with E-state index in [0.29, 0.717) is 27.8 Å². The van der Waals surface area contributed by atoms with Crippen LogP contribution in [-0.4, -0.2) is 17.5 Å². The maximum Gasteiger partial charge on any atom is 0.313 e. The molecule has 4 nitrogen and oxygen atoms in total. The number of rotatable bonds is 4. The number of carbonyl (C=O) groups is 3. The highest BCUT2D eigenvalue weighted by molar-refractivity contribution is 6.29. The molecule has 3 aromatic carbocycles. The van der Waals surface area contributed by atoms with Gasteiger partial charge in [-0.3, -0.25) is 14.4 Å². The fourth-order valence-electron chi connectivity index (χ4n) is 3.51. The molecule has 0 spiro atoms. The Morgan fingerprint density at radius 3 is 2.11 bits per heavy atom. The fraction of sp³-hybridized carbons (Fsp3) is 0.125. The first kappa shape index (κ1) is 17.9. The van der Waals surface area contributed by atoms with Gasteiger partial charge in [-0.1, -0.05) is 72.8 Å². The first-order valence-corrected chi connectivity index (χ1v) is 9.10. The third kappa shape index (κ3) is 3.03. The molecule has 28 heavy (non-hydrogen) atoms. The maximum atomic E-state index is 13.1. The highest BCUT2D eigenvalue weighted by Crippen LogP contribution is 2.33. The molecule has 0 saturated heterocycles. The van der Waals surface area contributed by atoms with Crippen LogP contribution in [-0.2, 0) is 16.1 Å². The second kappa shape index (κ2) is 7.24. The highest BCUT2D eigenvalue weighted by Gasteiger charge is 2.33. The molecule has 0 aromatic heterocycles. The number of fused-ring (bicyclic) bond motifs is 2. The summed E-state index contributed by atoms with van der Waals surface area (Å²) in [6, 6.07) is 21.2. The van der Waals surface area contributed by atoms with Crippen LogP contribution in [0.15, 0.2) is 72.8 Å². The van der Waals surface area contributed by atoms with Gasteiger partial charge in [0.15, 0.2) is 11.6 Å². The van der Waals surface area contributed by atoms with E-state index in [-0.39, 0.29) is 18.2 Å². The van der Waals surface area contributed by atoms with E-state index in [1.54, 1.807) is 49.4 Å². The summed E-state index contributed by atoms with van der Waals surface area (Å²) in [4.78, 5) is 38.5. The number of ether oxygens (including phenoxy) is 1. The van der Waals surface area contributed by atoms with E-state index in [4.69, 9.17) is 4.74 Å². The summed E-state index contributed by atoms with van der Waals surface area (Å²) in [5, 5.41) is 0. The maximum absolute atomic E-state index is 13.1. The molecule has 138 valence electrons. The predicted molar refractivity (Wildman–Crippen MR) is 104 cm³/mol. The summed E-state index contributed by atoms with van der Waals surface area (Å²) in [5.41, 5.74) is 2.81. The molecule has 0 N–H and O–H groups in total. The van der Waals surface area contributed by atoms with E-state index >= 15 is 0 Å². The van der Waals surface area contributed by atoms with E-state index in [1.807, 2.05) is 30.3 Å². The molecular formula is C24H18O4. The summed E-state index contributed by atoms with van der Waals surface area (Å²) in [6.07, 6.45) is 0. The average molecular weight is 370 g/mol. The van der Waals surface area contributed by atoms with Crippen molar-refractivity contribution in [2.75, 3.05) is 0 Å². The molecule has 0 fully saturated rings. The van der Waals surface area contributed by atoms with Crippen molar-refractivity contribution >= 4 is 17.5 Å². The molecule has 4 heteroatoms. The Balaban J connectivity index is 1.65. The van der Waals surface area contributed by atoms with Crippen molar-refractivity contribution in [1.82, 2.24) is 0 Å². The van der Waals surface area contributed by atoms with E-state index in [2.05, 4.69) is 0 Å². The molecule has 0 radical (unpaired) electrons. The SMILES string of the molecule is CC(C(=O)OCc1ccccc1)c1cccc2c1C(=O)c1ccccc1C2=O. The third-order valence-corrected chi connectivity index (χ3v) is 5.03. The number of benzene rings is 3. The van der Waals surface area contributed by atoms with E-state index in [0.717, 1.165) is 5.56 Å². The molecule has 0 saturated carbocycles. The van der Waals surface area contributed by atoms with Crippen molar-refractivity contribution in [3.63, 3.8) is 0 Å². The zero-order chi connectivity index (χ0) is 19.7. The van der Waals surface area contributed by atoms with Gasteiger partial charge in [-0.25, -0.2) is 0 Å². The van der Waals surface area contributed by atoms with Crippen LogP contribution in [0, 0.1) is 0 Å². The van der Waals surface area contributed by atoms with Crippen molar-refractivity contribution in [3.05, 3.63) is 106 Å². The van der Waals surface area contributed by atoms with Crippen LogP contribution in [0.2, 0.25) is 0 Å². The summed E-state index contributed by atoms with van der Waals surface area (Å²) in [7, 11) is 0. The third-order valence-electron chi connectivity index (χ3n) is 5.03. The molecule has 1 unspecified atom stereocenters. The summed E-state index contributed by atoms with van der Waals surface area (Å²) in [6.45, 7) is 1.86. The van der Waals surface area contributed by atoms with E-state index in [1.165, 1.54) is 0 Å². The Morgan fingerprint density at radius 1 is 0.786 bits per heavy atom. The van der Waals surface area contributed by atoms with Gasteiger partial charge in [0.2, 0.25) is 0 Å². The largest absolute Gasteiger partial charge is 0.460 e. The number of ketones is 2. The molecule has 1 aliphatic carbocycles. The van der Waals surface area contributed by atoms with Gasteiger partial charge in [0.25, 0.3) is 0 Å². The van der Waals surface area contributed by atoms with Crippen molar-refractivity contribution in [2.24, 2.45) is 0 Å². The summed E-state index contributed by atoms with van der Waals surface area (Å²) >= 11 is 0. The Hall–Kier alpha value is -3.53. The van der Waals surface area contributed by atoms with Crippen LogP contribution >= 0.6 is 0 Å². The molecule has 1 aliphatic rings. The number of hydrogen-bond acceptors (Lipinski definition) is 4. The quantitative estimate of drug-likeness (QED) is 0.502. The topological polar surface area (TPSA) is 60.4 Å². The lowest BCUT2D eigenvalue weighted by Gasteiger charge is -2.22. The van der Waals surface area contributed by atoms with Gasteiger partial charge in [0.05, 0.1) is 5.92 Å². The molecule has 3 aromatic rings. The normalized spacial score (nSPS) is 13.5.